The molecule has 0 aromatic heterocycles. The molecule has 0 radical (unpaired) electrons. The Morgan fingerprint density at radius 2 is 1.79 bits per heavy atom. The molecule has 1 atom stereocenters. The van der Waals surface area contributed by atoms with Crippen molar-refractivity contribution in [3.05, 3.63) is 67.6 Å². The molecule has 0 saturated heterocycles. The molecule has 1 unspecified atom stereocenters. The van der Waals surface area contributed by atoms with Crippen molar-refractivity contribution in [3.8, 4) is 0 Å². The molecule has 0 aliphatic heterocycles. The van der Waals surface area contributed by atoms with Crippen molar-refractivity contribution in [2.45, 2.75) is 18.7 Å². The molecule has 0 aliphatic rings. The standard InChI is InChI=1S/C15H12BrCl3/c1-9-2-4-11(8-12(9)16)14(18)6-10-3-5-13(17)15(19)7-10/h2-5,7-8,14H,6H2,1H3. The van der Waals surface area contributed by atoms with E-state index in [1.54, 1.807) is 6.07 Å². The second-order valence-electron chi connectivity index (χ2n) is 4.43. The number of rotatable bonds is 3. The number of hydrogen-bond donors (Lipinski definition) is 0. The molecule has 4 heteroatoms. The first-order chi connectivity index (χ1) is 8.97. The summed E-state index contributed by atoms with van der Waals surface area (Å²) >= 11 is 21.9. The Hall–Kier alpha value is -0.210. The summed E-state index contributed by atoms with van der Waals surface area (Å²) < 4.78 is 1.07. The fraction of sp³-hybridized carbons (Fsp3) is 0.200. The van der Waals surface area contributed by atoms with Crippen molar-refractivity contribution in [2.75, 3.05) is 0 Å². The van der Waals surface area contributed by atoms with Gasteiger partial charge in [-0.25, -0.2) is 0 Å². The predicted octanol–water partition coefficient (Wildman–Crippen LogP) is 6.59. The summed E-state index contributed by atoms with van der Waals surface area (Å²) in [5.41, 5.74) is 3.36. The van der Waals surface area contributed by atoms with Crippen molar-refractivity contribution in [2.24, 2.45) is 0 Å². The van der Waals surface area contributed by atoms with Gasteiger partial charge in [0, 0.05) is 4.47 Å². The van der Waals surface area contributed by atoms with Gasteiger partial charge in [-0.1, -0.05) is 57.3 Å². The van der Waals surface area contributed by atoms with E-state index in [0.717, 1.165) is 15.6 Å². The lowest BCUT2D eigenvalue weighted by molar-refractivity contribution is 0.918. The molecule has 0 N–H and O–H groups in total. The van der Waals surface area contributed by atoms with Gasteiger partial charge in [0.2, 0.25) is 0 Å². The molecule has 0 spiro atoms. The molecular formula is C15H12BrCl3. The van der Waals surface area contributed by atoms with Crippen LogP contribution in [-0.2, 0) is 6.42 Å². The predicted molar refractivity (Wildman–Crippen MR) is 87.6 cm³/mol. The minimum Gasteiger partial charge on any atom is -0.117 e. The molecule has 100 valence electrons. The van der Waals surface area contributed by atoms with Gasteiger partial charge in [-0.2, -0.15) is 0 Å². The molecule has 0 fully saturated rings. The van der Waals surface area contributed by atoms with Crippen molar-refractivity contribution >= 4 is 50.7 Å². The lowest BCUT2D eigenvalue weighted by atomic mass is 10.0. The Kier molecular flexibility index (Phi) is 5.19. The fourth-order valence-corrected chi connectivity index (χ4v) is 2.83. The topological polar surface area (TPSA) is 0 Å². The van der Waals surface area contributed by atoms with E-state index in [1.165, 1.54) is 5.56 Å². The minimum atomic E-state index is -0.0888. The summed E-state index contributed by atoms with van der Waals surface area (Å²) in [4.78, 5) is 0. The molecule has 0 saturated carbocycles. The van der Waals surface area contributed by atoms with E-state index < -0.39 is 0 Å². The van der Waals surface area contributed by atoms with Gasteiger partial charge in [0.15, 0.2) is 0 Å². The van der Waals surface area contributed by atoms with E-state index in [9.17, 15) is 0 Å². The van der Waals surface area contributed by atoms with Gasteiger partial charge in [0.25, 0.3) is 0 Å². The van der Waals surface area contributed by atoms with Gasteiger partial charge in [-0.05, 0) is 48.2 Å². The molecular weight excluding hydrogens is 366 g/mol. The number of hydrogen-bond acceptors (Lipinski definition) is 0. The van der Waals surface area contributed by atoms with E-state index in [4.69, 9.17) is 34.8 Å². The minimum absolute atomic E-state index is 0.0888. The number of benzene rings is 2. The Labute approximate surface area is 136 Å². The van der Waals surface area contributed by atoms with Gasteiger partial charge in [0.05, 0.1) is 15.4 Å². The second kappa shape index (κ2) is 6.49. The molecule has 0 bridgehead atoms. The van der Waals surface area contributed by atoms with Crippen LogP contribution in [0.15, 0.2) is 40.9 Å². The Bertz CT molecular complexity index is 596. The molecule has 2 rings (SSSR count). The molecule has 0 heterocycles. The zero-order valence-electron chi connectivity index (χ0n) is 10.3. The summed E-state index contributed by atoms with van der Waals surface area (Å²) in [7, 11) is 0. The first kappa shape index (κ1) is 15.2. The smallest absolute Gasteiger partial charge is 0.0625 e. The third-order valence-electron chi connectivity index (χ3n) is 2.96. The lowest BCUT2D eigenvalue weighted by Crippen LogP contribution is -1.96. The van der Waals surface area contributed by atoms with Crippen LogP contribution in [0.4, 0.5) is 0 Å². The van der Waals surface area contributed by atoms with Crippen LogP contribution >= 0.6 is 50.7 Å². The van der Waals surface area contributed by atoms with E-state index in [2.05, 4.69) is 41.1 Å². The van der Waals surface area contributed by atoms with Crippen molar-refractivity contribution < 1.29 is 0 Å². The van der Waals surface area contributed by atoms with Crippen LogP contribution in [-0.4, -0.2) is 0 Å². The third kappa shape index (κ3) is 3.88. The van der Waals surface area contributed by atoms with Gasteiger partial charge in [-0.3, -0.25) is 0 Å². The van der Waals surface area contributed by atoms with Gasteiger partial charge >= 0.3 is 0 Å². The molecule has 2 aromatic carbocycles. The average Bonchev–Trinajstić information content (AvgIpc) is 2.37. The van der Waals surface area contributed by atoms with Crippen LogP contribution < -0.4 is 0 Å². The highest BCUT2D eigenvalue weighted by Crippen LogP contribution is 2.30. The van der Waals surface area contributed by atoms with Crippen LogP contribution in [0.2, 0.25) is 10.0 Å². The maximum Gasteiger partial charge on any atom is 0.0625 e. The fourth-order valence-electron chi connectivity index (χ4n) is 1.80. The van der Waals surface area contributed by atoms with E-state index in [1.807, 2.05) is 12.1 Å². The van der Waals surface area contributed by atoms with Crippen molar-refractivity contribution in [1.82, 2.24) is 0 Å². The maximum absolute atomic E-state index is 6.46. The monoisotopic (exact) mass is 376 g/mol. The molecule has 0 aliphatic carbocycles. The SMILES string of the molecule is Cc1ccc(C(Cl)Cc2ccc(Cl)c(Cl)c2)cc1Br. The summed E-state index contributed by atoms with van der Waals surface area (Å²) in [6, 6.07) is 11.8. The van der Waals surface area contributed by atoms with Gasteiger partial charge < -0.3 is 0 Å². The van der Waals surface area contributed by atoms with Gasteiger partial charge in [-0.15, -0.1) is 11.6 Å². The summed E-state index contributed by atoms with van der Waals surface area (Å²) in [6.07, 6.45) is 0.716. The van der Waals surface area contributed by atoms with Crippen LogP contribution in [0.1, 0.15) is 22.1 Å². The van der Waals surface area contributed by atoms with Crippen LogP contribution in [0.5, 0.6) is 0 Å². The highest BCUT2D eigenvalue weighted by molar-refractivity contribution is 9.10. The quantitative estimate of drug-likeness (QED) is 0.529. The zero-order valence-corrected chi connectivity index (χ0v) is 14.1. The largest absolute Gasteiger partial charge is 0.117 e. The highest BCUT2D eigenvalue weighted by atomic mass is 79.9. The van der Waals surface area contributed by atoms with Gasteiger partial charge in [0.1, 0.15) is 0 Å². The molecule has 0 amide bonds. The second-order valence-corrected chi connectivity index (χ2v) is 6.62. The molecule has 19 heavy (non-hydrogen) atoms. The first-order valence-corrected chi connectivity index (χ1v) is 7.80. The van der Waals surface area contributed by atoms with Crippen molar-refractivity contribution in [3.63, 3.8) is 0 Å². The Morgan fingerprint density at radius 1 is 1.05 bits per heavy atom. The summed E-state index contributed by atoms with van der Waals surface area (Å²) in [5, 5.41) is 1.04. The van der Waals surface area contributed by atoms with Crippen LogP contribution in [0, 0.1) is 6.92 Å². The maximum atomic E-state index is 6.46. The Morgan fingerprint density at radius 3 is 2.42 bits per heavy atom. The summed E-state index contributed by atoms with van der Waals surface area (Å²) in [5.74, 6) is 0. The lowest BCUT2D eigenvalue weighted by Gasteiger charge is -2.12. The first-order valence-electron chi connectivity index (χ1n) is 5.81. The normalized spacial score (nSPS) is 12.5. The number of aryl methyl sites for hydroxylation is 1. The molecule has 2 aromatic rings. The zero-order chi connectivity index (χ0) is 14.0. The average molecular weight is 379 g/mol. The van der Waals surface area contributed by atoms with Crippen LogP contribution in [0.3, 0.4) is 0 Å². The summed E-state index contributed by atoms with van der Waals surface area (Å²) in [6.45, 7) is 2.05. The van der Waals surface area contributed by atoms with E-state index in [-0.39, 0.29) is 5.38 Å². The van der Waals surface area contributed by atoms with E-state index in [0.29, 0.717) is 16.5 Å². The van der Waals surface area contributed by atoms with E-state index >= 15 is 0 Å². The van der Waals surface area contributed by atoms with Crippen molar-refractivity contribution in [1.29, 1.82) is 0 Å². The van der Waals surface area contributed by atoms with Crippen LogP contribution in [0.25, 0.3) is 0 Å². The molecule has 0 nitrogen and oxygen atoms in total. The number of halogens is 4. The third-order valence-corrected chi connectivity index (χ3v) is 4.96. The number of alkyl halides is 1. The Balaban J connectivity index is 2.17. The highest BCUT2D eigenvalue weighted by Gasteiger charge is 2.11.